The van der Waals surface area contributed by atoms with E-state index in [1.807, 2.05) is 0 Å². The Kier molecular flexibility index (Phi) is 5.47. The second-order valence-electron chi connectivity index (χ2n) is 3.28. The van der Waals surface area contributed by atoms with Crippen LogP contribution >= 0.6 is 11.6 Å². The summed E-state index contributed by atoms with van der Waals surface area (Å²) in [6, 6.07) is 0. The van der Waals surface area contributed by atoms with E-state index in [2.05, 4.69) is 0 Å². The van der Waals surface area contributed by atoms with Gasteiger partial charge in [-0.3, -0.25) is 9.59 Å². The standard InChI is InChI=1S/C8H13ClO7/c1-3(11)8(16,7(9)15)6(14)5(13)4(12)2-10/h4-6,10,12-14,16H,2H2,1H3/t4-,5-,6+,8+/m1/s1. The lowest BCUT2D eigenvalue weighted by atomic mass is 9.88. The molecule has 0 amide bonds. The van der Waals surface area contributed by atoms with Crippen LogP contribution < -0.4 is 0 Å². The highest BCUT2D eigenvalue weighted by molar-refractivity contribution is 6.67. The van der Waals surface area contributed by atoms with Gasteiger partial charge in [-0.15, -0.1) is 0 Å². The lowest BCUT2D eigenvalue weighted by Crippen LogP contribution is -2.60. The summed E-state index contributed by atoms with van der Waals surface area (Å²) in [6.45, 7) is -0.149. The van der Waals surface area contributed by atoms with E-state index in [1.165, 1.54) is 0 Å². The van der Waals surface area contributed by atoms with Gasteiger partial charge in [-0.05, 0) is 18.5 Å². The van der Waals surface area contributed by atoms with Crippen molar-refractivity contribution in [3.8, 4) is 0 Å². The number of hydrogen-bond donors (Lipinski definition) is 5. The minimum absolute atomic E-state index is 0.779. The molecule has 0 rings (SSSR count). The summed E-state index contributed by atoms with van der Waals surface area (Å²) in [5.74, 6) is -1.19. The monoisotopic (exact) mass is 256 g/mol. The normalized spacial score (nSPS) is 20.7. The Hall–Kier alpha value is -0.570. The number of carbonyl (C=O) groups excluding carboxylic acids is 2. The first-order valence-electron chi connectivity index (χ1n) is 4.28. The Morgan fingerprint density at radius 2 is 1.75 bits per heavy atom. The van der Waals surface area contributed by atoms with Crippen molar-refractivity contribution < 1.29 is 35.1 Å². The maximum atomic E-state index is 11.0. The number of rotatable bonds is 6. The van der Waals surface area contributed by atoms with Gasteiger partial charge >= 0.3 is 0 Å². The molecular weight excluding hydrogens is 244 g/mol. The van der Waals surface area contributed by atoms with Crippen LogP contribution in [0, 0.1) is 0 Å². The Bertz CT molecular complexity index is 266. The van der Waals surface area contributed by atoms with Gasteiger partial charge in [0.15, 0.2) is 5.78 Å². The predicted molar refractivity (Wildman–Crippen MR) is 51.6 cm³/mol. The first-order valence-corrected chi connectivity index (χ1v) is 4.65. The van der Waals surface area contributed by atoms with Crippen LogP contribution in [0.25, 0.3) is 0 Å². The molecule has 0 aliphatic rings. The minimum atomic E-state index is -3.02. The molecule has 94 valence electrons. The minimum Gasteiger partial charge on any atom is -0.394 e. The van der Waals surface area contributed by atoms with E-state index >= 15 is 0 Å². The summed E-state index contributed by atoms with van der Waals surface area (Å²) in [4.78, 5) is 21.8. The molecule has 0 aromatic rings. The van der Waals surface area contributed by atoms with Gasteiger partial charge in [0, 0.05) is 0 Å². The topological polar surface area (TPSA) is 135 Å². The molecule has 0 saturated heterocycles. The zero-order valence-electron chi connectivity index (χ0n) is 8.37. The van der Waals surface area contributed by atoms with Crippen molar-refractivity contribution in [2.75, 3.05) is 6.61 Å². The van der Waals surface area contributed by atoms with Gasteiger partial charge in [-0.1, -0.05) is 0 Å². The molecule has 0 aliphatic carbocycles. The van der Waals surface area contributed by atoms with Gasteiger partial charge in [-0.25, -0.2) is 0 Å². The van der Waals surface area contributed by atoms with Crippen LogP contribution in [0.2, 0.25) is 0 Å². The lowest BCUT2D eigenvalue weighted by molar-refractivity contribution is -0.175. The van der Waals surface area contributed by atoms with Crippen LogP contribution in [0.3, 0.4) is 0 Å². The molecule has 0 aliphatic heterocycles. The average Bonchev–Trinajstić information content (AvgIpc) is 2.23. The molecule has 0 bridgehead atoms. The third-order valence-corrected chi connectivity index (χ3v) is 2.46. The number of aliphatic hydroxyl groups is 5. The van der Waals surface area contributed by atoms with Crippen molar-refractivity contribution in [1.29, 1.82) is 0 Å². The molecular formula is C8H13ClO7. The van der Waals surface area contributed by atoms with Gasteiger partial charge < -0.3 is 25.5 Å². The number of aliphatic hydroxyl groups excluding tert-OH is 4. The summed E-state index contributed by atoms with van der Waals surface area (Å²) in [7, 11) is 0. The molecule has 0 fully saturated rings. The van der Waals surface area contributed by atoms with E-state index in [-0.39, 0.29) is 0 Å². The Morgan fingerprint density at radius 3 is 2.00 bits per heavy atom. The highest BCUT2D eigenvalue weighted by Gasteiger charge is 2.51. The Balaban J connectivity index is 5.11. The van der Waals surface area contributed by atoms with Gasteiger partial charge in [0.25, 0.3) is 5.24 Å². The Morgan fingerprint density at radius 1 is 1.31 bits per heavy atom. The molecule has 0 spiro atoms. The average molecular weight is 257 g/mol. The molecule has 0 aromatic heterocycles. The van der Waals surface area contributed by atoms with Crippen molar-refractivity contribution >= 4 is 22.6 Å². The summed E-state index contributed by atoms with van der Waals surface area (Å²) >= 11 is 4.94. The van der Waals surface area contributed by atoms with Gasteiger partial charge in [0.05, 0.1) is 6.61 Å². The SMILES string of the molecule is CC(=O)[C@@](O)(C(=O)Cl)[C@@H](O)[C@H](O)[C@H](O)CO. The second kappa shape index (κ2) is 5.67. The number of Topliss-reactive ketones (excluding diaryl/α,β-unsaturated/α-hetero) is 1. The van der Waals surface area contributed by atoms with Crippen LogP contribution in [-0.4, -0.2) is 67.1 Å². The fourth-order valence-corrected chi connectivity index (χ4v) is 1.27. The van der Waals surface area contributed by atoms with E-state index in [1.54, 1.807) is 0 Å². The largest absolute Gasteiger partial charge is 0.394 e. The molecule has 4 atom stereocenters. The summed E-state index contributed by atoms with van der Waals surface area (Å²) < 4.78 is 0. The van der Waals surface area contributed by atoms with E-state index in [4.69, 9.17) is 21.8 Å². The zero-order valence-corrected chi connectivity index (χ0v) is 9.13. The molecule has 0 aromatic carbocycles. The van der Waals surface area contributed by atoms with Gasteiger partial charge in [0.1, 0.15) is 18.3 Å². The number of ketones is 1. The van der Waals surface area contributed by atoms with Crippen LogP contribution in [0.4, 0.5) is 0 Å². The third kappa shape index (κ3) is 2.76. The Labute approximate surface area is 95.9 Å². The van der Waals surface area contributed by atoms with E-state index < -0.39 is 41.5 Å². The molecule has 8 heteroatoms. The van der Waals surface area contributed by atoms with Crippen molar-refractivity contribution in [3.63, 3.8) is 0 Å². The maximum Gasteiger partial charge on any atom is 0.263 e. The number of carbonyl (C=O) groups is 2. The summed E-state index contributed by atoms with van der Waals surface area (Å²) in [5.41, 5.74) is -3.02. The fraction of sp³-hybridized carbons (Fsp3) is 0.750. The van der Waals surface area contributed by atoms with E-state index in [9.17, 15) is 24.9 Å². The molecule has 0 radical (unpaired) electrons. The summed E-state index contributed by atoms with van der Waals surface area (Å²) in [5, 5.41) is 44.0. The molecule has 7 nitrogen and oxygen atoms in total. The molecule has 0 heterocycles. The first-order chi connectivity index (χ1) is 7.19. The van der Waals surface area contributed by atoms with Crippen LogP contribution in [0.5, 0.6) is 0 Å². The van der Waals surface area contributed by atoms with Crippen molar-refractivity contribution in [2.24, 2.45) is 0 Å². The lowest BCUT2D eigenvalue weighted by Gasteiger charge is -2.31. The van der Waals surface area contributed by atoms with E-state index in [0.717, 1.165) is 6.92 Å². The quantitative estimate of drug-likeness (QED) is 0.255. The van der Waals surface area contributed by atoms with Crippen LogP contribution in [0.1, 0.15) is 6.92 Å². The van der Waals surface area contributed by atoms with Crippen molar-refractivity contribution in [1.82, 2.24) is 0 Å². The second-order valence-corrected chi connectivity index (χ2v) is 3.62. The number of halogens is 1. The highest BCUT2D eigenvalue weighted by Crippen LogP contribution is 2.20. The van der Waals surface area contributed by atoms with Crippen LogP contribution in [-0.2, 0) is 9.59 Å². The zero-order chi connectivity index (χ0) is 13.1. The molecule has 0 saturated carbocycles. The predicted octanol–water partition coefficient (Wildman–Crippen LogP) is -2.85. The number of hydrogen-bond acceptors (Lipinski definition) is 7. The van der Waals surface area contributed by atoms with Gasteiger partial charge in [0.2, 0.25) is 5.60 Å². The van der Waals surface area contributed by atoms with Crippen LogP contribution in [0.15, 0.2) is 0 Å². The smallest absolute Gasteiger partial charge is 0.263 e. The first kappa shape index (κ1) is 15.4. The summed E-state index contributed by atoms with van der Waals surface area (Å²) in [6.07, 6.45) is -6.25. The molecule has 0 unspecified atom stereocenters. The maximum absolute atomic E-state index is 11.0. The molecule has 5 N–H and O–H groups in total. The highest BCUT2D eigenvalue weighted by atomic mass is 35.5. The van der Waals surface area contributed by atoms with Gasteiger partial charge in [-0.2, -0.15) is 0 Å². The van der Waals surface area contributed by atoms with Crippen molar-refractivity contribution in [3.05, 3.63) is 0 Å². The van der Waals surface area contributed by atoms with Crippen molar-refractivity contribution in [2.45, 2.75) is 30.8 Å². The van der Waals surface area contributed by atoms with E-state index in [0.29, 0.717) is 0 Å². The molecule has 16 heavy (non-hydrogen) atoms. The fourth-order valence-electron chi connectivity index (χ4n) is 1.03. The third-order valence-electron chi connectivity index (χ3n) is 2.17.